The zero-order valence-electron chi connectivity index (χ0n) is 18.5. The zero-order valence-corrected chi connectivity index (χ0v) is 20.9. The molecule has 34 heavy (non-hydrogen) atoms. The predicted octanol–water partition coefficient (Wildman–Crippen LogP) is 5.74. The van der Waals surface area contributed by atoms with Crippen molar-refractivity contribution >= 4 is 44.6 Å². The number of aromatic nitrogens is 3. The smallest absolute Gasteiger partial charge is 0.261 e. The molecule has 0 atom stereocenters. The number of nitrogens with zero attached hydrogens (tertiary/aromatic N) is 3. The lowest BCUT2D eigenvalue weighted by Gasteiger charge is -2.14. The van der Waals surface area contributed by atoms with E-state index in [0.29, 0.717) is 10.6 Å². The summed E-state index contributed by atoms with van der Waals surface area (Å²) in [7, 11) is -4.04. The lowest BCUT2D eigenvalue weighted by Crippen LogP contribution is -2.14. The van der Waals surface area contributed by atoms with E-state index in [1.807, 2.05) is 20.8 Å². The molecule has 11 heteroatoms. The summed E-state index contributed by atoms with van der Waals surface area (Å²) in [5, 5.41) is 0.876. The Bertz CT molecular complexity index is 1470. The number of sulfonamides is 1. The van der Waals surface area contributed by atoms with Crippen LogP contribution in [0.5, 0.6) is 0 Å². The van der Waals surface area contributed by atoms with Gasteiger partial charge in [-0.2, -0.15) is 0 Å². The molecule has 4 aromatic rings. The summed E-state index contributed by atoms with van der Waals surface area (Å²) in [5.74, 6) is -0.741. The maximum atomic E-state index is 15.8. The van der Waals surface area contributed by atoms with Gasteiger partial charge >= 0.3 is 0 Å². The molecule has 3 N–H and O–H groups in total. The number of benzene rings is 2. The lowest BCUT2D eigenvalue weighted by molar-refractivity contribution is 0.585. The van der Waals surface area contributed by atoms with E-state index in [-0.39, 0.29) is 38.2 Å². The maximum Gasteiger partial charge on any atom is 0.261 e. The predicted molar refractivity (Wildman–Crippen MR) is 134 cm³/mol. The van der Waals surface area contributed by atoms with Gasteiger partial charge in [0.2, 0.25) is 5.95 Å². The van der Waals surface area contributed by atoms with Crippen LogP contribution in [0.1, 0.15) is 25.8 Å². The van der Waals surface area contributed by atoms with Gasteiger partial charge in [-0.3, -0.25) is 4.72 Å². The molecule has 176 valence electrons. The van der Waals surface area contributed by atoms with Crippen molar-refractivity contribution in [3.05, 3.63) is 70.6 Å². The molecule has 0 aliphatic rings. The normalized spacial score (nSPS) is 12.0. The minimum Gasteiger partial charge on any atom is -0.368 e. The third kappa shape index (κ3) is 4.89. The molecule has 7 nitrogen and oxygen atoms in total. The van der Waals surface area contributed by atoms with Crippen molar-refractivity contribution in [3.8, 4) is 21.8 Å². The Kier molecular flexibility index (Phi) is 6.32. The Morgan fingerprint density at radius 1 is 1.09 bits per heavy atom. The van der Waals surface area contributed by atoms with Crippen molar-refractivity contribution in [2.24, 2.45) is 0 Å². The molecular formula is C23H21ClFN5O2S2. The van der Waals surface area contributed by atoms with Gasteiger partial charge in [0.05, 0.1) is 31.9 Å². The van der Waals surface area contributed by atoms with Gasteiger partial charge in [-0.05, 0) is 30.3 Å². The van der Waals surface area contributed by atoms with E-state index >= 15 is 4.39 Å². The van der Waals surface area contributed by atoms with Crippen LogP contribution >= 0.6 is 22.9 Å². The van der Waals surface area contributed by atoms with Crippen LogP contribution in [0, 0.1) is 5.82 Å². The number of nitrogens with one attached hydrogen (secondary N) is 1. The van der Waals surface area contributed by atoms with E-state index in [1.54, 1.807) is 24.3 Å². The highest BCUT2D eigenvalue weighted by Gasteiger charge is 2.27. The Morgan fingerprint density at radius 2 is 1.79 bits per heavy atom. The zero-order chi connectivity index (χ0) is 24.7. The molecule has 2 aromatic heterocycles. The quantitative estimate of drug-likeness (QED) is 0.349. The van der Waals surface area contributed by atoms with Gasteiger partial charge in [0.15, 0.2) is 5.82 Å². The minimum atomic E-state index is -4.04. The van der Waals surface area contributed by atoms with Gasteiger partial charge in [-0.15, -0.1) is 11.3 Å². The average Bonchev–Trinajstić information content (AvgIpc) is 3.22. The summed E-state index contributed by atoms with van der Waals surface area (Å²) in [5.41, 5.74) is 5.95. The van der Waals surface area contributed by atoms with Crippen LogP contribution < -0.4 is 10.5 Å². The molecular weight excluding hydrogens is 497 g/mol. The molecule has 0 unspecified atom stereocenters. The molecule has 4 rings (SSSR count). The molecule has 0 fully saturated rings. The van der Waals surface area contributed by atoms with E-state index in [4.69, 9.17) is 22.3 Å². The van der Waals surface area contributed by atoms with Crippen LogP contribution in [0.4, 0.5) is 16.0 Å². The van der Waals surface area contributed by atoms with Gasteiger partial charge in [0, 0.05) is 22.2 Å². The molecule has 0 aliphatic carbocycles. The Morgan fingerprint density at radius 3 is 2.44 bits per heavy atom. The van der Waals surface area contributed by atoms with Gasteiger partial charge in [0.1, 0.15) is 0 Å². The second-order valence-electron chi connectivity index (χ2n) is 8.48. The highest BCUT2D eigenvalue weighted by Crippen LogP contribution is 2.43. The number of nitrogen functional groups attached to an aromatic ring is 1. The number of halogens is 2. The number of thiazole rings is 1. The molecule has 0 radical (unpaired) electrons. The van der Waals surface area contributed by atoms with Crippen LogP contribution in [0.15, 0.2) is 59.6 Å². The van der Waals surface area contributed by atoms with E-state index in [2.05, 4.69) is 14.7 Å². The number of hydrogen-bond acceptors (Lipinski definition) is 7. The SMILES string of the molecule is CC(C)(C)c1nc(-c2cc(Cl)cc(NS(=O)(=O)c3ccccc3)c2F)c(-c2ccnc(N)n2)s1. The van der Waals surface area contributed by atoms with E-state index < -0.39 is 15.8 Å². The first-order valence-electron chi connectivity index (χ1n) is 10.1. The monoisotopic (exact) mass is 517 g/mol. The summed E-state index contributed by atoms with van der Waals surface area (Å²) in [4.78, 5) is 13.4. The van der Waals surface area contributed by atoms with E-state index in [1.165, 1.54) is 41.8 Å². The molecule has 2 heterocycles. The summed E-state index contributed by atoms with van der Waals surface area (Å²) >= 11 is 7.64. The van der Waals surface area contributed by atoms with Crippen LogP contribution in [0.3, 0.4) is 0 Å². The second kappa shape index (κ2) is 8.94. The van der Waals surface area contributed by atoms with Crippen LogP contribution in [-0.4, -0.2) is 23.4 Å². The van der Waals surface area contributed by atoms with Crippen molar-refractivity contribution in [1.29, 1.82) is 0 Å². The van der Waals surface area contributed by atoms with Crippen molar-refractivity contribution in [1.82, 2.24) is 15.0 Å². The van der Waals surface area contributed by atoms with Crippen LogP contribution in [-0.2, 0) is 15.4 Å². The molecule has 0 saturated carbocycles. The Balaban J connectivity index is 1.89. The van der Waals surface area contributed by atoms with E-state index in [0.717, 1.165) is 5.01 Å². The van der Waals surface area contributed by atoms with E-state index in [9.17, 15) is 8.42 Å². The third-order valence-corrected chi connectivity index (χ3v) is 7.87. The van der Waals surface area contributed by atoms with Crippen molar-refractivity contribution in [2.75, 3.05) is 10.5 Å². The van der Waals surface area contributed by atoms with Crippen LogP contribution in [0.2, 0.25) is 5.02 Å². The maximum absolute atomic E-state index is 15.8. The molecule has 0 saturated heterocycles. The number of anilines is 2. The number of rotatable bonds is 5. The van der Waals surface area contributed by atoms with Gasteiger partial charge in [-0.1, -0.05) is 50.6 Å². The van der Waals surface area contributed by atoms with Gasteiger partial charge < -0.3 is 5.73 Å². The fraction of sp³-hybridized carbons (Fsp3) is 0.174. The Hall–Kier alpha value is -3.08. The van der Waals surface area contributed by atoms with Gasteiger partial charge in [0.25, 0.3) is 10.0 Å². The fourth-order valence-corrected chi connectivity index (χ4v) is 5.53. The Labute approximate surface area is 205 Å². The third-order valence-electron chi connectivity index (χ3n) is 4.77. The first-order chi connectivity index (χ1) is 16.0. The molecule has 0 bridgehead atoms. The summed E-state index contributed by atoms with van der Waals surface area (Å²) in [6, 6.07) is 12.0. The molecule has 0 amide bonds. The molecule has 0 spiro atoms. The topological polar surface area (TPSA) is 111 Å². The first kappa shape index (κ1) is 24.1. The van der Waals surface area contributed by atoms with Gasteiger partial charge in [-0.25, -0.2) is 27.8 Å². The summed E-state index contributed by atoms with van der Waals surface area (Å²) < 4.78 is 43.7. The van der Waals surface area contributed by atoms with Crippen molar-refractivity contribution in [2.45, 2.75) is 31.1 Å². The van der Waals surface area contributed by atoms with Crippen molar-refractivity contribution < 1.29 is 12.8 Å². The largest absolute Gasteiger partial charge is 0.368 e. The lowest BCUT2D eigenvalue weighted by atomic mass is 9.98. The molecule has 0 aliphatic heterocycles. The summed E-state index contributed by atoms with van der Waals surface area (Å²) in [6.45, 7) is 5.96. The fourth-order valence-electron chi connectivity index (χ4n) is 3.14. The average molecular weight is 518 g/mol. The van der Waals surface area contributed by atoms with Crippen LogP contribution in [0.25, 0.3) is 21.8 Å². The highest BCUT2D eigenvalue weighted by molar-refractivity contribution is 7.92. The standard InChI is InChI=1S/C23H21ClFN5O2S2/c1-23(2,3)21-29-19(20(33-21)16-9-10-27-22(26)28-16)15-11-13(24)12-17(18(15)25)30-34(31,32)14-7-5-4-6-8-14/h4-12,30H,1-3H3,(H2,26,27,28). The van der Waals surface area contributed by atoms with Crippen molar-refractivity contribution in [3.63, 3.8) is 0 Å². The first-order valence-corrected chi connectivity index (χ1v) is 12.8. The minimum absolute atomic E-state index is 0.00301. The summed E-state index contributed by atoms with van der Waals surface area (Å²) in [6.07, 6.45) is 1.51. The molecule has 2 aromatic carbocycles. The second-order valence-corrected chi connectivity index (χ2v) is 11.6. The number of hydrogen-bond donors (Lipinski definition) is 2. The highest BCUT2D eigenvalue weighted by atomic mass is 35.5. The number of nitrogens with two attached hydrogens (primary N) is 1.